The summed E-state index contributed by atoms with van der Waals surface area (Å²) in [5.41, 5.74) is 7.41. The molecule has 1 N–H and O–H groups in total. The number of rotatable bonds is 10. The van der Waals surface area contributed by atoms with Crippen LogP contribution in [0.15, 0.2) is 72.5 Å². The molecule has 4 nitrogen and oxygen atoms in total. The van der Waals surface area contributed by atoms with Crippen LogP contribution >= 0.6 is 0 Å². The topological polar surface area (TPSA) is 63.1 Å². The number of hydrogen-bond acceptors (Lipinski definition) is 4. The first kappa shape index (κ1) is 46.0. The van der Waals surface area contributed by atoms with Crippen molar-refractivity contribution in [1.29, 1.82) is 0 Å². The molecule has 1 radical (unpaired) electrons. The Hall–Kier alpha value is -3.14. The summed E-state index contributed by atoms with van der Waals surface area (Å²) < 4.78 is 0. The summed E-state index contributed by atoms with van der Waals surface area (Å²) in [6.07, 6.45) is 5.81. The first-order valence-electron chi connectivity index (χ1n) is 19.4. The van der Waals surface area contributed by atoms with Gasteiger partial charge in [-0.3, -0.25) is 4.79 Å². The van der Waals surface area contributed by atoms with Crippen LogP contribution in [0.4, 0.5) is 0 Å². The molecule has 1 heterocycles. The summed E-state index contributed by atoms with van der Waals surface area (Å²) in [5, 5.41) is 22.0. The molecule has 4 rings (SSSR count). The molecule has 0 saturated carbocycles. The molecule has 0 bridgehead atoms. The zero-order valence-corrected chi connectivity index (χ0v) is 37.9. The molecule has 53 heavy (non-hydrogen) atoms. The van der Waals surface area contributed by atoms with Crippen molar-refractivity contribution in [2.24, 2.45) is 16.2 Å². The fourth-order valence-electron chi connectivity index (χ4n) is 6.38. The Bertz CT molecular complexity index is 1840. The monoisotopic (exact) mass is 896 g/mol. The van der Waals surface area contributed by atoms with Crippen LogP contribution in [0.25, 0.3) is 33.2 Å². The Labute approximate surface area is 336 Å². The van der Waals surface area contributed by atoms with Crippen LogP contribution in [0.5, 0.6) is 0 Å². The van der Waals surface area contributed by atoms with E-state index in [0.29, 0.717) is 0 Å². The second-order valence-electron chi connectivity index (χ2n) is 18.5. The van der Waals surface area contributed by atoms with Gasteiger partial charge in [0, 0.05) is 53.7 Å². The van der Waals surface area contributed by atoms with Crippen molar-refractivity contribution in [3.63, 3.8) is 0 Å². The molecule has 1 aromatic heterocycles. The molecule has 0 aliphatic carbocycles. The second-order valence-corrected chi connectivity index (χ2v) is 18.5. The van der Waals surface area contributed by atoms with Crippen molar-refractivity contribution in [1.82, 2.24) is 10.2 Å². The molecule has 0 saturated heterocycles. The SMILES string of the molecule is CC(C)(C)Cc1ccc(-c2cc(-c3[c-]c4ccccc4c(C(C)(C)C)c3)nnc2C(C)(C)C)cc1.CCC(C)(CC)C(=O)/C=C(\O)C(C)(CC)CC.[Ir]. The van der Waals surface area contributed by atoms with Crippen LogP contribution in [0.2, 0.25) is 0 Å². The Morgan fingerprint density at radius 1 is 0.717 bits per heavy atom. The van der Waals surface area contributed by atoms with Gasteiger partial charge in [0.15, 0.2) is 5.78 Å². The molecule has 0 aliphatic rings. The Morgan fingerprint density at radius 2 is 1.26 bits per heavy atom. The number of aromatic nitrogens is 2. The van der Waals surface area contributed by atoms with Crippen LogP contribution in [0.1, 0.15) is 146 Å². The van der Waals surface area contributed by atoms with E-state index in [9.17, 15) is 9.90 Å². The fourth-order valence-corrected chi connectivity index (χ4v) is 6.38. The van der Waals surface area contributed by atoms with Crippen LogP contribution in [0, 0.1) is 22.3 Å². The first-order valence-corrected chi connectivity index (χ1v) is 19.4. The van der Waals surface area contributed by atoms with Crippen molar-refractivity contribution in [3.05, 3.63) is 95.4 Å². The molecule has 5 heteroatoms. The molecular formula is C48H67IrN2O2-. The van der Waals surface area contributed by atoms with E-state index in [1.54, 1.807) is 0 Å². The van der Waals surface area contributed by atoms with E-state index in [0.717, 1.165) is 60.0 Å². The van der Waals surface area contributed by atoms with Gasteiger partial charge in [0.05, 0.1) is 5.69 Å². The number of fused-ring (bicyclic) bond motifs is 1. The van der Waals surface area contributed by atoms with Gasteiger partial charge in [-0.1, -0.05) is 163 Å². The van der Waals surface area contributed by atoms with Crippen molar-refractivity contribution in [2.45, 2.75) is 147 Å². The van der Waals surface area contributed by atoms with E-state index < -0.39 is 0 Å². The summed E-state index contributed by atoms with van der Waals surface area (Å²) in [5.74, 6) is 0.286. The average Bonchev–Trinajstić information content (AvgIpc) is 3.09. The number of aliphatic hydroxyl groups is 1. The van der Waals surface area contributed by atoms with E-state index in [-0.39, 0.29) is 58.7 Å². The average molecular weight is 896 g/mol. The number of benzene rings is 3. The van der Waals surface area contributed by atoms with Gasteiger partial charge in [0.2, 0.25) is 0 Å². The third-order valence-corrected chi connectivity index (χ3v) is 11.0. The minimum atomic E-state index is -0.337. The van der Waals surface area contributed by atoms with Gasteiger partial charge in [0.25, 0.3) is 0 Å². The number of nitrogens with zero attached hydrogens (tertiary/aromatic N) is 2. The van der Waals surface area contributed by atoms with Crippen molar-refractivity contribution in [3.8, 4) is 22.4 Å². The maximum absolute atomic E-state index is 12.2. The number of ketones is 1. The van der Waals surface area contributed by atoms with Crippen molar-refractivity contribution in [2.75, 3.05) is 0 Å². The predicted octanol–water partition coefficient (Wildman–Crippen LogP) is 13.6. The van der Waals surface area contributed by atoms with E-state index in [1.807, 2.05) is 41.5 Å². The summed E-state index contributed by atoms with van der Waals surface area (Å²) in [7, 11) is 0. The molecule has 4 aromatic rings. The first-order chi connectivity index (χ1) is 24.0. The fraction of sp³-hybridized carbons (Fsp3) is 0.521. The van der Waals surface area contributed by atoms with Crippen LogP contribution in [-0.4, -0.2) is 21.1 Å². The number of carbonyl (C=O) groups excluding carboxylic acids is 1. The van der Waals surface area contributed by atoms with E-state index >= 15 is 0 Å². The molecule has 3 aromatic carbocycles. The Kier molecular flexibility index (Phi) is 15.6. The molecule has 0 fully saturated rings. The van der Waals surface area contributed by atoms with Crippen LogP contribution in [0.3, 0.4) is 0 Å². The maximum Gasteiger partial charge on any atom is 0.164 e. The number of carbonyl (C=O) groups is 1. The quantitative estimate of drug-likeness (QED) is 0.0979. The van der Waals surface area contributed by atoms with Gasteiger partial charge in [-0.2, -0.15) is 10.2 Å². The van der Waals surface area contributed by atoms with Gasteiger partial charge in [-0.05, 0) is 54.1 Å². The molecule has 291 valence electrons. The predicted molar refractivity (Wildman–Crippen MR) is 223 cm³/mol. The third kappa shape index (κ3) is 11.7. The molecule has 0 aliphatic heterocycles. The zero-order chi connectivity index (χ0) is 39.3. The summed E-state index contributed by atoms with van der Waals surface area (Å²) in [6, 6.07) is 25.6. The number of aliphatic hydroxyl groups excluding tert-OH is 1. The zero-order valence-electron chi connectivity index (χ0n) is 35.5. The van der Waals surface area contributed by atoms with Gasteiger partial charge in [-0.15, -0.1) is 29.1 Å². The molecule has 0 unspecified atom stereocenters. The van der Waals surface area contributed by atoms with Crippen LogP contribution in [-0.2, 0) is 42.2 Å². The third-order valence-electron chi connectivity index (χ3n) is 11.0. The number of allylic oxidation sites excluding steroid dienone is 2. The van der Waals surface area contributed by atoms with Gasteiger partial charge in [-0.25, -0.2) is 0 Å². The molecule has 0 amide bonds. The smallest absolute Gasteiger partial charge is 0.164 e. The molecular weight excluding hydrogens is 829 g/mol. The van der Waals surface area contributed by atoms with E-state index in [2.05, 4.69) is 129 Å². The van der Waals surface area contributed by atoms with Crippen molar-refractivity contribution >= 4 is 16.6 Å². The maximum atomic E-state index is 12.2. The number of hydrogen-bond donors (Lipinski definition) is 1. The minimum Gasteiger partial charge on any atom is -0.512 e. The van der Waals surface area contributed by atoms with Gasteiger partial charge in [0.1, 0.15) is 5.76 Å². The summed E-state index contributed by atoms with van der Waals surface area (Å²) >= 11 is 0. The largest absolute Gasteiger partial charge is 0.512 e. The second kappa shape index (κ2) is 18.0. The van der Waals surface area contributed by atoms with Gasteiger partial charge < -0.3 is 5.11 Å². The van der Waals surface area contributed by atoms with E-state index in [4.69, 9.17) is 10.2 Å². The Morgan fingerprint density at radius 3 is 1.75 bits per heavy atom. The minimum absolute atomic E-state index is 0. The van der Waals surface area contributed by atoms with Gasteiger partial charge >= 0.3 is 0 Å². The molecule has 0 atom stereocenters. The van der Waals surface area contributed by atoms with Crippen LogP contribution < -0.4 is 0 Å². The summed E-state index contributed by atoms with van der Waals surface area (Å²) in [6.45, 7) is 32.3. The Balaban J connectivity index is 0.000000460. The standard InChI is InChI=1S/C33H39N2.C15H28O2.Ir/c1-31(2,3)21-22-14-16-23(17-15-22)27-20-29(34-35-30(27)33(7,8)9)25-18-24-12-10-11-13-26(24)28(19-25)32(4,5)6;1-7-14(5,8-2)12(16)11-13(17)15(6,9-3)10-4;/h10-17,19-20H,21H2,1-9H3;11,16H,7-10H2,1-6H3;/q-1;;/b;12-11-;. The van der Waals surface area contributed by atoms with Crippen molar-refractivity contribution < 1.29 is 30.0 Å². The summed E-state index contributed by atoms with van der Waals surface area (Å²) in [4.78, 5) is 12.2. The normalized spacial score (nSPS) is 12.9. The molecule has 0 spiro atoms. The van der Waals surface area contributed by atoms with E-state index in [1.165, 1.54) is 28.2 Å².